The van der Waals surface area contributed by atoms with Crippen molar-refractivity contribution >= 4 is 23.3 Å². The fourth-order valence-electron chi connectivity index (χ4n) is 2.63. The number of methoxy groups -OCH3 is 1. The predicted molar refractivity (Wildman–Crippen MR) is 81.7 cm³/mol. The van der Waals surface area contributed by atoms with Crippen LogP contribution in [0.2, 0.25) is 5.02 Å². The number of nitrogens with one attached hydrogen (secondary N) is 1. The van der Waals surface area contributed by atoms with E-state index >= 15 is 0 Å². The number of carbonyl (C=O) groups is 1. The zero-order valence-electron chi connectivity index (χ0n) is 12.0. The number of hydrogen-bond donors (Lipinski definition) is 1. The SMILES string of the molecule is CCC1CCCCN1C(=O)Nc1ccc(OC)c(Cl)c1. The van der Waals surface area contributed by atoms with Gasteiger partial charge in [0, 0.05) is 18.3 Å². The molecule has 1 heterocycles. The second-order valence-corrected chi connectivity index (χ2v) is 5.44. The van der Waals surface area contributed by atoms with Crippen LogP contribution in [0, 0.1) is 0 Å². The van der Waals surface area contributed by atoms with Gasteiger partial charge in [-0.25, -0.2) is 4.79 Å². The number of ether oxygens (including phenoxy) is 1. The van der Waals surface area contributed by atoms with Crippen molar-refractivity contribution in [3.05, 3.63) is 23.2 Å². The van der Waals surface area contributed by atoms with Crippen molar-refractivity contribution in [3.8, 4) is 5.75 Å². The molecule has 1 atom stereocenters. The lowest BCUT2D eigenvalue weighted by atomic mass is 10.0. The molecule has 1 N–H and O–H groups in total. The fourth-order valence-corrected chi connectivity index (χ4v) is 2.89. The normalized spacial score (nSPS) is 18.8. The zero-order valence-corrected chi connectivity index (χ0v) is 12.7. The van der Waals surface area contributed by atoms with E-state index in [2.05, 4.69) is 12.2 Å². The van der Waals surface area contributed by atoms with Gasteiger partial charge in [-0.3, -0.25) is 0 Å². The van der Waals surface area contributed by atoms with Crippen molar-refractivity contribution in [2.75, 3.05) is 19.0 Å². The summed E-state index contributed by atoms with van der Waals surface area (Å²) in [4.78, 5) is 14.3. The first-order valence-corrected chi connectivity index (χ1v) is 7.44. The van der Waals surface area contributed by atoms with Gasteiger partial charge in [-0.15, -0.1) is 0 Å². The van der Waals surface area contributed by atoms with Crippen LogP contribution in [-0.4, -0.2) is 30.6 Å². The maximum atomic E-state index is 12.3. The number of likely N-dealkylation sites (tertiary alicyclic amines) is 1. The molecule has 1 aromatic carbocycles. The van der Waals surface area contributed by atoms with E-state index in [1.54, 1.807) is 25.3 Å². The molecule has 5 heteroatoms. The van der Waals surface area contributed by atoms with Gasteiger partial charge in [0.1, 0.15) is 5.75 Å². The van der Waals surface area contributed by atoms with Crippen LogP contribution in [0.15, 0.2) is 18.2 Å². The molecule has 1 fully saturated rings. The molecule has 2 rings (SSSR count). The first-order valence-electron chi connectivity index (χ1n) is 7.07. The van der Waals surface area contributed by atoms with Crippen LogP contribution in [0.3, 0.4) is 0 Å². The Bertz CT molecular complexity index is 479. The minimum Gasteiger partial charge on any atom is -0.495 e. The van der Waals surface area contributed by atoms with Crippen LogP contribution in [0.5, 0.6) is 5.75 Å². The number of nitrogens with zero attached hydrogens (tertiary/aromatic N) is 1. The van der Waals surface area contributed by atoms with Crippen LogP contribution in [0.25, 0.3) is 0 Å². The molecular formula is C15H21ClN2O2. The van der Waals surface area contributed by atoms with Gasteiger partial charge >= 0.3 is 6.03 Å². The molecule has 0 bridgehead atoms. The highest BCUT2D eigenvalue weighted by Gasteiger charge is 2.25. The van der Waals surface area contributed by atoms with E-state index in [-0.39, 0.29) is 6.03 Å². The van der Waals surface area contributed by atoms with Gasteiger partial charge in [0.2, 0.25) is 0 Å². The Balaban J connectivity index is 2.05. The van der Waals surface area contributed by atoms with Gasteiger partial charge < -0.3 is 15.0 Å². The van der Waals surface area contributed by atoms with E-state index in [0.29, 0.717) is 22.5 Å². The molecule has 20 heavy (non-hydrogen) atoms. The molecule has 4 nitrogen and oxygen atoms in total. The van der Waals surface area contributed by atoms with Gasteiger partial charge in [0.15, 0.2) is 0 Å². The summed E-state index contributed by atoms with van der Waals surface area (Å²) >= 11 is 6.06. The molecule has 0 saturated carbocycles. The number of urea groups is 1. The summed E-state index contributed by atoms with van der Waals surface area (Å²) in [6, 6.07) is 5.57. The van der Waals surface area contributed by atoms with Crippen LogP contribution >= 0.6 is 11.6 Å². The summed E-state index contributed by atoms with van der Waals surface area (Å²) < 4.78 is 5.10. The highest BCUT2D eigenvalue weighted by atomic mass is 35.5. The lowest BCUT2D eigenvalue weighted by Crippen LogP contribution is -2.45. The molecule has 1 unspecified atom stereocenters. The van der Waals surface area contributed by atoms with Gasteiger partial charge in [-0.05, 0) is 43.9 Å². The molecule has 110 valence electrons. The highest BCUT2D eigenvalue weighted by Crippen LogP contribution is 2.28. The average Bonchev–Trinajstić information content (AvgIpc) is 2.47. The third-order valence-electron chi connectivity index (χ3n) is 3.76. The van der Waals surface area contributed by atoms with Crippen molar-refractivity contribution in [2.24, 2.45) is 0 Å². The van der Waals surface area contributed by atoms with E-state index in [1.165, 1.54) is 6.42 Å². The van der Waals surface area contributed by atoms with Gasteiger partial charge in [0.05, 0.1) is 12.1 Å². The first kappa shape index (κ1) is 15.0. The molecular weight excluding hydrogens is 276 g/mol. The molecule has 1 saturated heterocycles. The Hall–Kier alpha value is -1.42. The van der Waals surface area contributed by atoms with E-state index in [9.17, 15) is 4.79 Å². The van der Waals surface area contributed by atoms with Crippen molar-refractivity contribution in [3.63, 3.8) is 0 Å². The number of anilines is 1. The fraction of sp³-hybridized carbons (Fsp3) is 0.533. The zero-order chi connectivity index (χ0) is 14.5. The molecule has 2 amide bonds. The van der Waals surface area contributed by atoms with Crippen LogP contribution in [-0.2, 0) is 0 Å². The maximum absolute atomic E-state index is 12.3. The Morgan fingerprint density at radius 2 is 2.30 bits per heavy atom. The standard InChI is InChI=1S/C15H21ClN2O2/c1-3-12-6-4-5-9-18(12)15(19)17-11-7-8-14(20-2)13(16)10-11/h7-8,10,12H,3-6,9H2,1-2H3,(H,17,19). The predicted octanol–water partition coefficient (Wildman–Crippen LogP) is 4.15. The second kappa shape index (κ2) is 6.84. The molecule has 1 aromatic rings. The second-order valence-electron chi connectivity index (χ2n) is 5.03. The number of halogens is 1. The lowest BCUT2D eigenvalue weighted by molar-refractivity contribution is 0.160. The summed E-state index contributed by atoms with van der Waals surface area (Å²) in [5.41, 5.74) is 0.696. The van der Waals surface area contributed by atoms with Crippen LogP contribution in [0.1, 0.15) is 32.6 Å². The number of rotatable bonds is 3. The Morgan fingerprint density at radius 1 is 1.50 bits per heavy atom. The summed E-state index contributed by atoms with van der Waals surface area (Å²) in [7, 11) is 1.57. The number of carbonyl (C=O) groups excluding carboxylic acids is 1. The molecule has 1 aliphatic rings. The van der Waals surface area contributed by atoms with E-state index in [0.717, 1.165) is 25.8 Å². The third-order valence-corrected chi connectivity index (χ3v) is 4.06. The number of hydrogen-bond acceptors (Lipinski definition) is 2. The smallest absolute Gasteiger partial charge is 0.322 e. The average molecular weight is 297 g/mol. The number of amides is 2. The Morgan fingerprint density at radius 3 is 2.95 bits per heavy atom. The van der Waals surface area contributed by atoms with E-state index in [4.69, 9.17) is 16.3 Å². The van der Waals surface area contributed by atoms with Crippen molar-refractivity contribution < 1.29 is 9.53 Å². The Kier molecular flexibility index (Phi) is 5.12. The van der Waals surface area contributed by atoms with E-state index < -0.39 is 0 Å². The molecule has 0 aromatic heterocycles. The van der Waals surface area contributed by atoms with Gasteiger partial charge in [-0.1, -0.05) is 18.5 Å². The Labute approximate surface area is 125 Å². The molecule has 0 aliphatic carbocycles. The number of piperidine rings is 1. The van der Waals surface area contributed by atoms with Crippen molar-refractivity contribution in [2.45, 2.75) is 38.6 Å². The summed E-state index contributed by atoms with van der Waals surface area (Å²) in [5.74, 6) is 0.606. The quantitative estimate of drug-likeness (QED) is 0.910. The molecule has 0 spiro atoms. The molecule has 1 aliphatic heterocycles. The summed E-state index contributed by atoms with van der Waals surface area (Å²) in [6.45, 7) is 2.95. The first-order chi connectivity index (χ1) is 9.65. The summed E-state index contributed by atoms with van der Waals surface area (Å²) in [5, 5.41) is 3.41. The van der Waals surface area contributed by atoms with Crippen LogP contribution in [0.4, 0.5) is 10.5 Å². The third kappa shape index (κ3) is 3.37. The maximum Gasteiger partial charge on any atom is 0.322 e. The largest absolute Gasteiger partial charge is 0.495 e. The lowest BCUT2D eigenvalue weighted by Gasteiger charge is -2.35. The van der Waals surface area contributed by atoms with Gasteiger partial charge in [0.25, 0.3) is 0 Å². The summed E-state index contributed by atoms with van der Waals surface area (Å²) in [6.07, 6.45) is 4.37. The van der Waals surface area contributed by atoms with Crippen molar-refractivity contribution in [1.82, 2.24) is 4.90 Å². The topological polar surface area (TPSA) is 41.6 Å². The monoisotopic (exact) mass is 296 g/mol. The van der Waals surface area contributed by atoms with Crippen molar-refractivity contribution in [1.29, 1.82) is 0 Å². The minimum atomic E-state index is -0.0437. The number of benzene rings is 1. The highest BCUT2D eigenvalue weighted by molar-refractivity contribution is 6.32. The molecule has 0 radical (unpaired) electrons. The van der Waals surface area contributed by atoms with E-state index in [1.807, 2.05) is 4.90 Å². The van der Waals surface area contributed by atoms with Gasteiger partial charge in [-0.2, -0.15) is 0 Å². The van der Waals surface area contributed by atoms with Crippen LogP contribution < -0.4 is 10.1 Å². The minimum absolute atomic E-state index is 0.0437.